The fraction of sp³-hybridized carbons (Fsp3) is 0.533. The number of hydrogen-bond donors (Lipinski definition) is 2. The van der Waals surface area contributed by atoms with E-state index in [1.807, 2.05) is 12.1 Å². The molecule has 0 spiro atoms. The molecule has 19 heavy (non-hydrogen) atoms. The minimum atomic E-state index is -0.798. The van der Waals surface area contributed by atoms with Crippen molar-refractivity contribution in [2.24, 2.45) is 5.73 Å². The van der Waals surface area contributed by atoms with Crippen LogP contribution in [0.25, 0.3) is 0 Å². The van der Waals surface area contributed by atoms with Crippen LogP contribution in [0.15, 0.2) is 24.3 Å². The van der Waals surface area contributed by atoms with Crippen LogP contribution in [-0.2, 0) is 11.3 Å². The smallest absolute Gasteiger partial charge is 0.303 e. The molecule has 0 aliphatic carbocycles. The normalized spacial score (nSPS) is 12.6. The molecule has 0 aliphatic rings. The van der Waals surface area contributed by atoms with E-state index in [4.69, 9.17) is 10.8 Å². The molecule has 0 aromatic heterocycles. The number of nitrogens with two attached hydrogens (primary N) is 1. The first kappa shape index (κ1) is 15.7. The molecule has 106 valence electrons. The van der Waals surface area contributed by atoms with Gasteiger partial charge in [0.25, 0.3) is 0 Å². The predicted molar refractivity (Wildman–Crippen MR) is 76.9 cm³/mol. The van der Waals surface area contributed by atoms with E-state index in [2.05, 4.69) is 30.9 Å². The van der Waals surface area contributed by atoms with Crippen molar-refractivity contribution >= 4 is 5.97 Å². The van der Waals surface area contributed by atoms with E-state index in [9.17, 15) is 4.79 Å². The second kappa shape index (κ2) is 7.92. The monoisotopic (exact) mass is 264 g/mol. The Labute approximate surface area is 115 Å². The van der Waals surface area contributed by atoms with E-state index in [0.717, 1.165) is 25.2 Å². The zero-order chi connectivity index (χ0) is 14.3. The highest BCUT2D eigenvalue weighted by Gasteiger charge is 2.08. The van der Waals surface area contributed by atoms with Crippen LogP contribution in [-0.4, -0.2) is 29.1 Å². The average Bonchev–Trinajstić information content (AvgIpc) is 2.42. The van der Waals surface area contributed by atoms with Gasteiger partial charge in [-0.2, -0.15) is 0 Å². The summed E-state index contributed by atoms with van der Waals surface area (Å²) in [6.45, 7) is 7.32. The van der Waals surface area contributed by atoms with Crippen LogP contribution in [0.2, 0.25) is 0 Å². The number of carboxylic acids is 1. The van der Waals surface area contributed by atoms with Crippen LogP contribution in [0.5, 0.6) is 0 Å². The lowest BCUT2D eigenvalue weighted by Gasteiger charge is -2.18. The van der Waals surface area contributed by atoms with Gasteiger partial charge in [0.1, 0.15) is 0 Å². The topological polar surface area (TPSA) is 66.6 Å². The number of rotatable bonds is 8. The Morgan fingerprint density at radius 3 is 2.32 bits per heavy atom. The number of hydrogen-bond acceptors (Lipinski definition) is 3. The minimum Gasteiger partial charge on any atom is -0.481 e. The first-order chi connectivity index (χ1) is 9.06. The van der Waals surface area contributed by atoms with E-state index in [1.54, 1.807) is 0 Å². The highest BCUT2D eigenvalue weighted by molar-refractivity contribution is 5.66. The minimum absolute atomic E-state index is 0.113. The lowest BCUT2D eigenvalue weighted by Crippen LogP contribution is -2.22. The average molecular weight is 264 g/mol. The van der Waals surface area contributed by atoms with Crippen molar-refractivity contribution in [2.75, 3.05) is 13.1 Å². The molecule has 0 heterocycles. The summed E-state index contributed by atoms with van der Waals surface area (Å²) in [4.78, 5) is 12.9. The SMILES string of the molecule is CCN(CC)Cc1ccc(C(N)CCC(=O)O)cc1. The fourth-order valence-electron chi connectivity index (χ4n) is 2.02. The summed E-state index contributed by atoms with van der Waals surface area (Å²) in [6, 6.07) is 7.97. The molecular formula is C15H24N2O2. The zero-order valence-corrected chi connectivity index (χ0v) is 11.8. The summed E-state index contributed by atoms with van der Waals surface area (Å²) in [5.41, 5.74) is 8.24. The highest BCUT2D eigenvalue weighted by Crippen LogP contribution is 2.17. The molecule has 1 atom stereocenters. The number of nitrogens with zero attached hydrogens (tertiary/aromatic N) is 1. The number of benzene rings is 1. The summed E-state index contributed by atoms with van der Waals surface area (Å²) in [6.07, 6.45) is 0.590. The van der Waals surface area contributed by atoms with Crippen molar-refractivity contribution in [3.8, 4) is 0 Å². The molecule has 4 heteroatoms. The molecule has 4 nitrogen and oxygen atoms in total. The maximum Gasteiger partial charge on any atom is 0.303 e. The Morgan fingerprint density at radius 2 is 1.84 bits per heavy atom. The van der Waals surface area contributed by atoms with Crippen LogP contribution in [0.3, 0.4) is 0 Å². The third-order valence-electron chi connectivity index (χ3n) is 3.38. The van der Waals surface area contributed by atoms with Crippen LogP contribution in [0, 0.1) is 0 Å². The highest BCUT2D eigenvalue weighted by atomic mass is 16.4. The summed E-state index contributed by atoms with van der Waals surface area (Å²) < 4.78 is 0. The molecule has 0 radical (unpaired) electrons. The van der Waals surface area contributed by atoms with E-state index in [0.29, 0.717) is 6.42 Å². The first-order valence-corrected chi connectivity index (χ1v) is 6.85. The van der Waals surface area contributed by atoms with Crippen molar-refractivity contribution in [3.63, 3.8) is 0 Å². The van der Waals surface area contributed by atoms with Gasteiger partial charge in [0.05, 0.1) is 0 Å². The Kier molecular flexibility index (Phi) is 6.53. The van der Waals surface area contributed by atoms with Gasteiger partial charge in [-0.25, -0.2) is 0 Å². The Bertz CT molecular complexity index is 386. The Balaban J connectivity index is 2.57. The van der Waals surface area contributed by atoms with Crippen molar-refractivity contribution in [3.05, 3.63) is 35.4 Å². The van der Waals surface area contributed by atoms with E-state index >= 15 is 0 Å². The number of carboxylic acid groups (broad SMARTS) is 1. The van der Waals surface area contributed by atoms with E-state index in [1.165, 1.54) is 5.56 Å². The quantitative estimate of drug-likeness (QED) is 0.756. The summed E-state index contributed by atoms with van der Waals surface area (Å²) in [5, 5.41) is 8.65. The van der Waals surface area contributed by atoms with Gasteiger partial charge in [-0.1, -0.05) is 38.1 Å². The maximum atomic E-state index is 10.5. The molecule has 1 aromatic carbocycles. The Hall–Kier alpha value is -1.39. The molecule has 0 fully saturated rings. The number of aliphatic carboxylic acids is 1. The van der Waals surface area contributed by atoms with Crippen LogP contribution < -0.4 is 5.73 Å². The molecule has 1 unspecified atom stereocenters. The van der Waals surface area contributed by atoms with Crippen LogP contribution >= 0.6 is 0 Å². The Morgan fingerprint density at radius 1 is 1.26 bits per heavy atom. The molecule has 3 N–H and O–H groups in total. The third kappa shape index (κ3) is 5.41. The van der Waals surface area contributed by atoms with Gasteiger partial charge in [0.2, 0.25) is 0 Å². The van der Waals surface area contributed by atoms with Gasteiger partial charge in [-0.15, -0.1) is 0 Å². The van der Waals surface area contributed by atoms with Gasteiger partial charge < -0.3 is 10.8 Å². The molecule has 0 saturated carbocycles. The second-order valence-electron chi connectivity index (χ2n) is 4.74. The van der Waals surface area contributed by atoms with Gasteiger partial charge in [-0.3, -0.25) is 9.69 Å². The van der Waals surface area contributed by atoms with Gasteiger partial charge in [0.15, 0.2) is 0 Å². The molecule has 1 aromatic rings. The summed E-state index contributed by atoms with van der Waals surface area (Å²) >= 11 is 0. The fourth-order valence-corrected chi connectivity index (χ4v) is 2.02. The standard InChI is InChI=1S/C15H24N2O2/c1-3-17(4-2)11-12-5-7-13(8-6-12)14(16)9-10-15(18)19/h5-8,14H,3-4,9-11,16H2,1-2H3,(H,18,19). The van der Waals surface area contributed by atoms with Crippen molar-refractivity contribution in [2.45, 2.75) is 39.3 Å². The van der Waals surface area contributed by atoms with Crippen LogP contribution in [0.4, 0.5) is 0 Å². The molecule has 0 amide bonds. The number of carbonyl (C=O) groups is 1. The molecule has 0 saturated heterocycles. The van der Waals surface area contributed by atoms with Crippen molar-refractivity contribution < 1.29 is 9.90 Å². The first-order valence-electron chi connectivity index (χ1n) is 6.85. The zero-order valence-electron chi connectivity index (χ0n) is 11.8. The van der Waals surface area contributed by atoms with Crippen LogP contribution in [0.1, 0.15) is 43.9 Å². The van der Waals surface area contributed by atoms with Gasteiger partial charge in [0, 0.05) is 19.0 Å². The van der Waals surface area contributed by atoms with Gasteiger partial charge >= 0.3 is 5.97 Å². The maximum absolute atomic E-state index is 10.5. The van der Waals surface area contributed by atoms with E-state index in [-0.39, 0.29) is 12.5 Å². The van der Waals surface area contributed by atoms with E-state index < -0.39 is 5.97 Å². The van der Waals surface area contributed by atoms with Crippen molar-refractivity contribution in [1.29, 1.82) is 0 Å². The summed E-state index contributed by atoms with van der Waals surface area (Å²) in [5.74, 6) is -0.798. The third-order valence-corrected chi connectivity index (χ3v) is 3.38. The van der Waals surface area contributed by atoms with Gasteiger partial charge in [-0.05, 0) is 30.6 Å². The second-order valence-corrected chi connectivity index (χ2v) is 4.74. The largest absolute Gasteiger partial charge is 0.481 e. The molecule has 0 bridgehead atoms. The lowest BCUT2D eigenvalue weighted by molar-refractivity contribution is -0.137. The predicted octanol–water partition coefficient (Wildman–Crippen LogP) is 2.39. The van der Waals surface area contributed by atoms with Crippen molar-refractivity contribution in [1.82, 2.24) is 4.90 Å². The summed E-state index contributed by atoms with van der Waals surface area (Å²) in [7, 11) is 0. The lowest BCUT2D eigenvalue weighted by atomic mass is 10.0. The molecule has 1 rings (SSSR count). The molecular weight excluding hydrogens is 240 g/mol. The molecule has 0 aliphatic heterocycles.